The summed E-state index contributed by atoms with van der Waals surface area (Å²) in [4.78, 5) is 37.1. The van der Waals surface area contributed by atoms with Crippen LogP contribution in [0.25, 0.3) is 0 Å². The van der Waals surface area contributed by atoms with Crippen molar-refractivity contribution in [2.45, 2.75) is 31.7 Å². The number of hydrogen-bond donors (Lipinski definition) is 1. The summed E-state index contributed by atoms with van der Waals surface area (Å²) in [5, 5.41) is 2.61. The molecule has 6 heteroatoms. The van der Waals surface area contributed by atoms with Crippen LogP contribution in [0.2, 0.25) is 0 Å². The average Bonchev–Trinajstić information content (AvgIpc) is 3.12. The van der Waals surface area contributed by atoms with E-state index in [0.717, 1.165) is 17.7 Å². The highest BCUT2D eigenvalue weighted by molar-refractivity contribution is 5.97. The van der Waals surface area contributed by atoms with Crippen LogP contribution in [-0.2, 0) is 25.5 Å². The molecule has 1 atom stereocenters. The molecule has 2 amide bonds. The van der Waals surface area contributed by atoms with E-state index in [1.165, 1.54) is 0 Å². The lowest BCUT2D eigenvalue weighted by atomic mass is 10.2. The largest absolute Gasteiger partial charge is 0.464 e. The second-order valence-electron chi connectivity index (χ2n) is 5.50. The van der Waals surface area contributed by atoms with Crippen molar-refractivity contribution in [2.75, 3.05) is 18.1 Å². The molecule has 1 saturated heterocycles. The summed E-state index contributed by atoms with van der Waals surface area (Å²) in [7, 11) is 0. The van der Waals surface area contributed by atoms with Crippen LogP contribution in [0, 0.1) is 0 Å². The Morgan fingerprint density at radius 1 is 1.27 bits per heavy atom. The highest BCUT2D eigenvalue weighted by Gasteiger charge is 2.28. The highest BCUT2D eigenvalue weighted by atomic mass is 16.5. The number of fused-ring (bicyclic) bond motifs is 1. The number of rotatable bonds is 4. The van der Waals surface area contributed by atoms with Crippen molar-refractivity contribution in [3.63, 3.8) is 0 Å². The van der Waals surface area contributed by atoms with Gasteiger partial charge < -0.3 is 15.0 Å². The number of carbonyl (C=O) groups excluding carboxylic acids is 3. The van der Waals surface area contributed by atoms with E-state index < -0.39 is 12.0 Å². The monoisotopic (exact) mass is 302 g/mol. The summed E-state index contributed by atoms with van der Waals surface area (Å²) >= 11 is 0. The molecule has 2 aliphatic rings. The molecule has 0 aromatic heterocycles. The maximum absolute atomic E-state index is 12.3. The van der Waals surface area contributed by atoms with Gasteiger partial charge in [0.2, 0.25) is 11.8 Å². The Balaban J connectivity index is 1.51. The number of esters is 1. The summed E-state index contributed by atoms with van der Waals surface area (Å²) < 4.78 is 4.78. The van der Waals surface area contributed by atoms with Gasteiger partial charge >= 0.3 is 5.97 Å². The van der Waals surface area contributed by atoms with Crippen LogP contribution in [0.4, 0.5) is 5.69 Å². The first-order valence-electron chi connectivity index (χ1n) is 7.49. The van der Waals surface area contributed by atoms with Gasteiger partial charge in [0.25, 0.3) is 0 Å². The second kappa shape index (κ2) is 6.17. The SMILES string of the molecule is O=C(CCC(=O)N1CCc2ccccc21)NC1CCOC1=O. The number of anilines is 1. The van der Waals surface area contributed by atoms with Gasteiger partial charge in [-0.2, -0.15) is 0 Å². The fraction of sp³-hybridized carbons (Fsp3) is 0.438. The van der Waals surface area contributed by atoms with Crippen LogP contribution < -0.4 is 10.2 Å². The standard InChI is InChI=1S/C16H18N2O4/c19-14(17-12-8-10-22-16(12)21)5-6-15(20)18-9-7-11-3-1-2-4-13(11)18/h1-4,12H,5-10H2,(H,17,19). The average molecular weight is 302 g/mol. The van der Waals surface area contributed by atoms with Crippen molar-refractivity contribution < 1.29 is 19.1 Å². The maximum atomic E-state index is 12.3. The number of carbonyl (C=O) groups is 3. The Labute approximate surface area is 128 Å². The highest BCUT2D eigenvalue weighted by Crippen LogP contribution is 2.28. The Hall–Kier alpha value is -2.37. The van der Waals surface area contributed by atoms with E-state index in [1.807, 2.05) is 24.3 Å². The summed E-state index contributed by atoms with van der Waals surface area (Å²) in [6.07, 6.45) is 1.57. The van der Waals surface area contributed by atoms with Gasteiger partial charge in [0.1, 0.15) is 6.04 Å². The molecule has 6 nitrogen and oxygen atoms in total. The lowest BCUT2D eigenvalue weighted by Crippen LogP contribution is -2.38. The van der Waals surface area contributed by atoms with Gasteiger partial charge in [-0.3, -0.25) is 9.59 Å². The van der Waals surface area contributed by atoms with Crippen molar-refractivity contribution in [2.24, 2.45) is 0 Å². The third kappa shape index (κ3) is 2.95. The van der Waals surface area contributed by atoms with Crippen molar-refractivity contribution in [1.82, 2.24) is 5.32 Å². The molecule has 0 aliphatic carbocycles. The van der Waals surface area contributed by atoms with Crippen LogP contribution in [0.15, 0.2) is 24.3 Å². The van der Waals surface area contributed by atoms with Gasteiger partial charge in [0, 0.05) is 31.5 Å². The predicted molar refractivity (Wildman–Crippen MR) is 79.2 cm³/mol. The molecular formula is C16H18N2O4. The number of benzene rings is 1. The first-order valence-corrected chi connectivity index (χ1v) is 7.49. The molecule has 1 fully saturated rings. The van der Waals surface area contributed by atoms with Crippen LogP contribution in [0.5, 0.6) is 0 Å². The maximum Gasteiger partial charge on any atom is 0.328 e. The lowest BCUT2D eigenvalue weighted by molar-refractivity contribution is -0.141. The second-order valence-corrected chi connectivity index (χ2v) is 5.50. The molecule has 3 rings (SSSR count). The van der Waals surface area contributed by atoms with Crippen molar-refractivity contribution in [1.29, 1.82) is 0 Å². The number of nitrogens with zero attached hydrogens (tertiary/aromatic N) is 1. The zero-order chi connectivity index (χ0) is 15.5. The molecular weight excluding hydrogens is 284 g/mol. The fourth-order valence-electron chi connectivity index (χ4n) is 2.85. The number of amides is 2. The van der Waals surface area contributed by atoms with Gasteiger partial charge in [0.15, 0.2) is 0 Å². The molecule has 2 aliphatic heterocycles. The van der Waals surface area contributed by atoms with Crippen LogP contribution >= 0.6 is 0 Å². The molecule has 1 aromatic rings. The minimum absolute atomic E-state index is 0.0610. The molecule has 116 valence electrons. The minimum atomic E-state index is -0.560. The number of ether oxygens (including phenoxy) is 1. The number of para-hydroxylation sites is 1. The number of hydrogen-bond acceptors (Lipinski definition) is 4. The molecule has 1 N–H and O–H groups in total. The molecule has 2 heterocycles. The third-order valence-electron chi connectivity index (χ3n) is 4.02. The molecule has 22 heavy (non-hydrogen) atoms. The fourth-order valence-corrected chi connectivity index (χ4v) is 2.85. The smallest absolute Gasteiger partial charge is 0.328 e. The van der Waals surface area contributed by atoms with E-state index in [0.29, 0.717) is 19.6 Å². The molecule has 0 radical (unpaired) electrons. The van der Waals surface area contributed by atoms with Crippen LogP contribution in [-0.4, -0.2) is 37.0 Å². The predicted octanol–water partition coefficient (Wildman–Crippen LogP) is 0.788. The van der Waals surface area contributed by atoms with E-state index in [4.69, 9.17) is 4.74 Å². The zero-order valence-corrected chi connectivity index (χ0v) is 12.2. The van der Waals surface area contributed by atoms with E-state index in [9.17, 15) is 14.4 Å². The number of cyclic esters (lactones) is 1. The topological polar surface area (TPSA) is 75.7 Å². The van der Waals surface area contributed by atoms with Crippen molar-refractivity contribution in [3.05, 3.63) is 29.8 Å². The molecule has 0 saturated carbocycles. The minimum Gasteiger partial charge on any atom is -0.464 e. The van der Waals surface area contributed by atoms with E-state index in [1.54, 1.807) is 4.90 Å². The molecule has 1 aromatic carbocycles. The number of nitrogens with one attached hydrogen (secondary N) is 1. The molecule has 0 spiro atoms. The van der Waals surface area contributed by atoms with Gasteiger partial charge in [-0.1, -0.05) is 18.2 Å². The molecule has 0 bridgehead atoms. The summed E-state index contributed by atoms with van der Waals surface area (Å²) in [6, 6.07) is 7.25. The van der Waals surface area contributed by atoms with Gasteiger partial charge in [0.05, 0.1) is 6.61 Å². The van der Waals surface area contributed by atoms with Gasteiger partial charge in [-0.25, -0.2) is 4.79 Å². The summed E-state index contributed by atoms with van der Waals surface area (Å²) in [5.74, 6) is -0.744. The third-order valence-corrected chi connectivity index (χ3v) is 4.02. The summed E-state index contributed by atoms with van der Waals surface area (Å²) in [5.41, 5.74) is 2.10. The van der Waals surface area contributed by atoms with Crippen LogP contribution in [0.1, 0.15) is 24.8 Å². The summed E-state index contributed by atoms with van der Waals surface area (Å²) in [6.45, 7) is 1.00. The molecule has 1 unspecified atom stereocenters. The van der Waals surface area contributed by atoms with Crippen molar-refractivity contribution in [3.8, 4) is 0 Å². The normalized spacial score (nSPS) is 19.7. The lowest BCUT2D eigenvalue weighted by Gasteiger charge is -2.17. The van der Waals surface area contributed by atoms with E-state index in [2.05, 4.69) is 5.32 Å². The van der Waals surface area contributed by atoms with Crippen molar-refractivity contribution >= 4 is 23.5 Å². The first kappa shape index (κ1) is 14.6. The first-order chi connectivity index (χ1) is 10.6. The Bertz CT molecular complexity index is 614. The van der Waals surface area contributed by atoms with Crippen LogP contribution in [0.3, 0.4) is 0 Å². The van der Waals surface area contributed by atoms with Gasteiger partial charge in [-0.15, -0.1) is 0 Å². The quantitative estimate of drug-likeness (QED) is 0.834. The Kier molecular flexibility index (Phi) is 4.09. The van der Waals surface area contributed by atoms with E-state index >= 15 is 0 Å². The Morgan fingerprint density at radius 3 is 2.86 bits per heavy atom. The zero-order valence-electron chi connectivity index (χ0n) is 12.2. The van der Waals surface area contributed by atoms with E-state index in [-0.39, 0.29) is 24.7 Å². The Morgan fingerprint density at radius 2 is 2.09 bits per heavy atom. The van der Waals surface area contributed by atoms with Gasteiger partial charge in [-0.05, 0) is 18.1 Å².